The van der Waals surface area contributed by atoms with Crippen LogP contribution in [0, 0.1) is 12.7 Å². The van der Waals surface area contributed by atoms with Crippen molar-refractivity contribution in [3.63, 3.8) is 0 Å². The quantitative estimate of drug-likeness (QED) is 0.667. The molecule has 3 nitrogen and oxygen atoms in total. The number of hydrogen-bond donors (Lipinski definition) is 2. The highest BCUT2D eigenvalue weighted by Gasteiger charge is 2.20. The van der Waals surface area contributed by atoms with Crippen LogP contribution in [0.1, 0.15) is 22.2 Å². The molecular weight excluding hydrogens is 261 g/mol. The molecule has 0 aliphatic carbocycles. The van der Waals surface area contributed by atoms with Crippen molar-refractivity contribution in [1.29, 1.82) is 0 Å². The molecule has 1 unspecified atom stereocenters. The summed E-state index contributed by atoms with van der Waals surface area (Å²) < 4.78 is 13.8. The van der Waals surface area contributed by atoms with Crippen molar-refractivity contribution < 1.29 is 4.39 Å². The first-order chi connectivity index (χ1) is 8.13. The molecule has 0 bridgehead atoms. The molecule has 0 fully saturated rings. The third-order valence-electron chi connectivity index (χ3n) is 2.48. The number of thiazole rings is 1. The van der Waals surface area contributed by atoms with Crippen LogP contribution < -0.4 is 11.3 Å². The van der Waals surface area contributed by atoms with E-state index in [-0.39, 0.29) is 5.82 Å². The second-order valence-electron chi connectivity index (χ2n) is 3.57. The number of nitrogens with zero attached hydrogens (tertiary/aromatic N) is 1. The van der Waals surface area contributed by atoms with Crippen LogP contribution in [0.5, 0.6) is 0 Å². The van der Waals surface area contributed by atoms with Gasteiger partial charge in [0.05, 0.1) is 22.1 Å². The van der Waals surface area contributed by atoms with Crippen LogP contribution in [0.4, 0.5) is 4.39 Å². The Morgan fingerprint density at radius 2 is 2.29 bits per heavy atom. The van der Waals surface area contributed by atoms with Gasteiger partial charge in [-0.15, -0.1) is 11.3 Å². The number of hydrazine groups is 1. The molecule has 2 rings (SSSR count). The smallest absolute Gasteiger partial charge is 0.129 e. The third kappa shape index (κ3) is 2.47. The molecule has 0 aliphatic rings. The first-order valence-corrected chi connectivity index (χ1v) is 6.20. The highest BCUT2D eigenvalue weighted by Crippen LogP contribution is 2.29. The van der Waals surface area contributed by atoms with Crippen LogP contribution >= 0.6 is 22.9 Å². The summed E-state index contributed by atoms with van der Waals surface area (Å²) in [5, 5.41) is 0.364. The van der Waals surface area contributed by atoms with Crippen molar-refractivity contribution in [3.8, 4) is 0 Å². The topological polar surface area (TPSA) is 50.9 Å². The molecule has 0 spiro atoms. The molecule has 1 aromatic heterocycles. The molecule has 2 aromatic rings. The highest BCUT2D eigenvalue weighted by molar-refractivity contribution is 7.09. The zero-order chi connectivity index (χ0) is 12.4. The summed E-state index contributed by atoms with van der Waals surface area (Å²) in [4.78, 5) is 5.03. The Kier molecular flexibility index (Phi) is 3.73. The number of rotatable bonds is 3. The second kappa shape index (κ2) is 5.10. The van der Waals surface area contributed by atoms with Crippen LogP contribution in [-0.2, 0) is 0 Å². The van der Waals surface area contributed by atoms with E-state index in [0.29, 0.717) is 10.6 Å². The largest absolute Gasteiger partial charge is 0.271 e. The Bertz CT molecular complexity index is 529. The lowest BCUT2D eigenvalue weighted by Crippen LogP contribution is -2.29. The predicted molar refractivity (Wildman–Crippen MR) is 67.4 cm³/mol. The molecule has 1 heterocycles. The third-order valence-corrected chi connectivity index (χ3v) is 3.72. The number of hydrogen-bond acceptors (Lipinski definition) is 4. The molecule has 0 saturated carbocycles. The minimum Gasteiger partial charge on any atom is -0.271 e. The summed E-state index contributed by atoms with van der Waals surface area (Å²) in [6.45, 7) is 1.87. The lowest BCUT2D eigenvalue weighted by molar-refractivity contribution is 0.562. The van der Waals surface area contributed by atoms with Gasteiger partial charge in [0.1, 0.15) is 5.82 Å². The average molecular weight is 272 g/mol. The molecule has 3 N–H and O–H groups in total. The molecule has 1 aromatic carbocycles. The number of nitrogens with one attached hydrogen (secondary N) is 1. The van der Waals surface area contributed by atoms with Gasteiger partial charge in [-0.1, -0.05) is 17.7 Å². The maximum absolute atomic E-state index is 13.8. The molecule has 90 valence electrons. The van der Waals surface area contributed by atoms with Crippen LogP contribution in [0.25, 0.3) is 0 Å². The van der Waals surface area contributed by atoms with Crippen LogP contribution in [0.15, 0.2) is 23.7 Å². The Labute approximate surface area is 107 Å². The zero-order valence-electron chi connectivity index (χ0n) is 9.08. The fourth-order valence-electron chi connectivity index (χ4n) is 1.63. The Balaban J connectivity index is 2.46. The van der Waals surface area contributed by atoms with E-state index in [0.717, 1.165) is 10.6 Å². The van der Waals surface area contributed by atoms with Gasteiger partial charge in [-0.05, 0) is 19.1 Å². The van der Waals surface area contributed by atoms with E-state index in [1.54, 1.807) is 17.6 Å². The van der Waals surface area contributed by atoms with Crippen molar-refractivity contribution >= 4 is 22.9 Å². The van der Waals surface area contributed by atoms with E-state index in [2.05, 4.69) is 10.4 Å². The maximum atomic E-state index is 13.8. The highest BCUT2D eigenvalue weighted by atomic mass is 35.5. The SMILES string of the molecule is Cc1ncsc1C(NN)c1ccc(Cl)cc1F. The lowest BCUT2D eigenvalue weighted by atomic mass is 10.0. The van der Waals surface area contributed by atoms with Gasteiger partial charge < -0.3 is 0 Å². The fourth-order valence-corrected chi connectivity index (χ4v) is 2.67. The normalized spacial score (nSPS) is 12.7. The molecule has 17 heavy (non-hydrogen) atoms. The van der Waals surface area contributed by atoms with E-state index in [1.807, 2.05) is 6.92 Å². The minimum atomic E-state index is -0.403. The van der Waals surface area contributed by atoms with Gasteiger partial charge in [0.15, 0.2) is 0 Å². The van der Waals surface area contributed by atoms with Crippen LogP contribution in [-0.4, -0.2) is 4.98 Å². The molecule has 0 aliphatic heterocycles. The molecule has 0 amide bonds. The van der Waals surface area contributed by atoms with Gasteiger partial charge in [-0.25, -0.2) is 14.8 Å². The van der Waals surface area contributed by atoms with Gasteiger partial charge in [0.2, 0.25) is 0 Å². The lowest BCUT2D eigenvalue weighted by Gasteiger charge is -2.16. The summed E-state index contributed by atoms with van der Waals surface area (Å²) >= 11 is 7.16. The number of benzene rings is 1. The van der Waals surface area contributed by atoms with E-state index < -0.39 is 6.04 Å². The van der Waals surface area contributed by atoms with E-state index in [9.17, 15) is 4.39 Å². The van der Waals surface area contributed by atoms with Gasteiger partial charge in [-0.3, -0.25) is 5.84 Å². The molecule has 1 atom stereocenters. The van der Waals surface area contributed by atoms with Crippen molar-refractivity contribution in [2.24, 2.45) is 5.84 Å². The van der Waals surface area contributed by atoms with Crippen LogP contribution in [0.3, 0.4) is 0 Å². The van der Waals surface area contributed by atoms with Gasteiger partial charge in [0, 0.05) is 10.6 Å². The zero-order valence-corrected chi connectivity index (χ0v) is 10.6. The summed E-state index contributed by atoms with van der Waals surface area (Å²) in [6.07, 6.45) is 0. The number of halogens is 2. The number of aryl methyl sites for hydroxylation is 1. The van der Waals surface area contributed by atoms with Crippen molar-refractivity contribution in [1.82, 2.24) is 10.4 Å². The molecule has 0 radical (unpaired) electrons. The number of nitrogens with two attached hydrogens (primary N) is 1. The Hall–Kier alpha value is -1.01. The fraction of sp³-hybridized carbons (Fsp3) is 0.182. The monoisotopic (exact) mass is 271 g/mol. The molecule has 6 heteroatoms. The summed E-state index contributed by atoms with van der Waals surface area (Å²) in [5.41, 5.74) is 5.62. The summed E-state index contributed by atoms with van der Waals surface area (Å²) in [5.74, 6) is 5.12. The maximum Gasteiger partial charge on any atom is 0.129 e. The Morgan fingerprint density at radius 1 is 1.53 bits per heavy atom. The molecular formula is C11H11ClFN3S. The number of aromatic nitrogens is 1. The molecule has 0 saturated heterocycles. The summed E-state index contributed by atoms with van der Waals surface area (Å²) in [7, 11) is 0. The van der Waals surface area contributed by atoms with Crippen LogP contribution in [0.2, 0.25) is 5.02 Å². The van der Waals surface area contributed by atoms with Crippen molar-refractivity contribution in [2.75, 3.05) is 0 Å². The van der Waals surface area contributed by atoms with Gasteiger partial charge >= 0.3 is 0 Å². The summed E-state index contributed by atoms with van der Waals surface area (Å²) in [6, 6.07) is 4.14. The van der Waals surface area contributed by atoms with E-state index >= 15 is 0 Å². The van der Waals surface area contributed by atoms with Crippen molar-refractivity contribution in [3.05, 3.63) is 50.7 Å². The van der Waals surface area contributed by atoms with Gasteiger partial charge in [-0.2, -0.15) is 0 Å². The first-order valence-electron chi connectivity index (χ1n) is 4.94. The second-order valence-corrected chi connectivity index (χ2v) is 4.89. The minimum absolute atomic E-state index is 0.364. The Morgan fingerprint density at radius 3 is 2.82 bits per heavy atom. The first kappa shape index (κ1) is 12.4. The predicted octanol–water partition coefficient (Wildman–Crippen LogP) is 2.80. The van der Waals surface area contributed by atoms with Gasteiger partial charge in [0.25, 0.3) is 0 Å². The standard InChI is InChI=1S/C11H11ClFN3S/c1-6-11(17-5-15-6)10(16-14)8-3-2-7(12)4-9(8)13/h2-5,10,16H,14H2,1H3. The van der Waals surface area contributed by atoms with Crippen molar-refractivity contribution in [2.45, 2.75) is 13.0 Å². The van der Waals surface area contributed by atoms with E-state index in [4.69, 9.17) is 17.4 Å². The van der Waals surface area contributed by atoms with E-state index in [1.165, 1.54) is 17.4 Å². The average Bonchev–Trinajstić information content (AvgIpc) is 2.69.